The lowest BCUT2D eigenvalue weighted by atomic mass is 10.3. The van der Waals surface area contributed by atoms with Gasteiger partial charge in [0.1, 0.15) is 0 Å². The van der Waals surface area contributed by atoms with Crippen LogP contribution in [0.25, 0.3) is 0 Å². The zero-order valence-electron chi connectivity index (χ0n) is 12.1. The highest BCUT2D eigenvalue weighted by molar-refractivity contribution is 9.10. The molecule has 0 fully saturated rings. The molecule has 0 unspecified atom stereocenters. The zero-order valence-corrected chi connectivity index (χ0v) is 15.3. The predicted molar refractivity (Wildman–Crippen MR) is 99.5 cm³/mol. The van der Waals surface area contributed by atoms with Gasteiger partial charge in [0, 0.05) is 23.1 Å². The van der Waals surface area contributed by atoms with Gasteiger partial charge in [-0.2, -0.15) is 0 Å². The average Bonchev–Trinajstić information content (AvgIpc) is 2.41. The summed E-state index contributed by atoms with van der Waals surface area (Å²) < 4.78 is 0.989. The summed E-state index contributed by atoms with van der Waals surface area (Å²) in [4.78, 5) is 1.42. The minimum atomic E-state index is 0.454. The van der Waals surface area contributed by atoms with Crippen LogP contribution >= 0.6 is 40.4 Å². The molecule has 1 aromatic carbocycles. The van der Waals surface area contributed by atoms with Crippen LogP contribution in [0, 0.1) is 0 Å². The molecular formula is C13H21BrN5S2+. The molecule has 0 atom stereocenters. The Hall–Kier alpha value is -0.960. The molecule has 1 rings (SSSR count). The van der Waals surface area contributed by atoms with Crippen molar-refractivity contribution in [2.24, 2.45) is 0 Å². The van der Waals surface area contributed by atoms with Crippen molar-refractivity contribution in [2.75, 3.05) is 32.5 Å². The van der Waals surface area contributed by atoms with Crippen molar-refractivity contribution in [3.63, 3.8) is 0 Å². The molecule has 0 aromatic heterocycles. The first-order valence-electron chi connectivity index (χ1n) is 6.63. The monoisotopic (exact) mass is 390 g/mol. The first-order chi connectivity index (χ1) is 9.97. The Morgan fingerprint density at radius 2 is 1.90 bits per heavy atom. The molecule has 0 saturated heterocycles. The van der Waals surface area contributed by atoms with Crippen LogP contribution in [0.15, 0.2) is 28.7 Å². The van der Waals surface area contributed by atoms with E-state index in [1.165, 1.54) is 4.90 Å². The normalized spacial score (nSPS) is 10.1. The fourth-order valence-electron chi connectivity index (χ4n) is 1.53. The van der Waals surface area contributed by atoms with Crippen molar-refractivity contribution in [1.29, 1.82) is 0 Å². The van der Waals surface area contributed by atoms with Crippen LogP contribution in [0.4, 0.5) is 5.69 Å². The Balaban J connectivity index is 2.19. The first-order valence-corrected chi connectivity index (χ1v) is 8.24. The molecule has 0 spiro atoms. The number of thiocarbonyl (C=S) groups is 2. The average molecular weight is 391 g/mol. The van der Waals surface area contributed by atoms with Gasteiger partial charge in [0.05, 0.1) is 20.6 Å². The van der Waals surface area contributed by atoms with E-state index in [1.807, 2.05) is 24.3 Å². The van der Waals surface area contributed by atoms with Crippen LogP contribution < -0.4 is 26.4 Å². The second-order valence-electron chi connectivity index (χ2n) is 4.78. The summed E-state index contributed by atoms with van der Waals surface area (Å²) in [5.41, 5.74) is 6.60. The number of benzene rings is 1. The number of nitrogens with one attached hydrogen (secondary N) is 5. The van der Waals surface area contributed by atoms with Crippen LogP contribution in [0.5, 0.6) is 0 Å². The first kappa shape index (κ1) is 18.1. The van der Waals surface area contributed by atoms with Crippen molar-refractivity contribution >= 4 is 56.3 Å². The smallest absolute Gasteiger partial charge is 0.189 e. The SMILES string of the molecule is C[NH+](C)CCCNC(=S)NNC(=S)Nc1cccc(Br)c1. The van der Waals surface area contributed by atoms with Gasteiger partial charge in [0.15, 0.2) is 10.2 Å². The molecule has 1 aromatic rings. The molecule has 0 bridgehead atoms. The van der Waals surface area contributed by atoms with E-state index < -0.39 is 0 Å². The van der Waals surface area contributed by atoms with E-state index in [9.17, 15) is 0 Å². The Bertz CT molecular complexity index is 481. The summed E-state index contributed by atoms with van der Waals surface area (Å²) in [6.07, 6.45) is 1.06. The summed E-state index contributed by atoms with van der Waals surface area (Å²) >= 11 is 13.7. The zero-order chi connectivity index (χ0) is 15.7. The minimum absolute atomic E-state index is 0.454. The van der Waals surface area contributed by atoms with Crippen molar-refractivity contribution < 1.29 is 4.90 Å². The molecule has 0 aliphatic carbocycles. The maximum absolute atomic E-state index is 5.18. The predicted octanol–water partition coefficient (Wildman–Crippen LogP) is 0.649. The molecular weight excluding hydrogens is 370 g/mol. The quantitative estimate of drug-likeness (QED) is 0.289. The third-order valence-electron chi connectivity index (χ3n) is 2.51. The summed E-state index contributed by atoms with van der Waals surface area (Å²) in [5, 5.41) is 7.16. The second kappa shape index (κ2) is 9.88. The molecule has 0 aliphatic rings. The van der Waals surface area contributed by atoms with Gasteiger partial charge >= 0.3 is 0 Å². The van der Waals surface area contributed by atoms with Crippen LogP contribution in [-0.2, 0) is 0 Å². The fourth-order valence-corrected chi connectivity index (χ4v) is 2.25. The summed E-state index contributed by atoms with van der Waals surface area (Å²) in [7, 11) is 4.26. The molecule has 0 radical (unpaired) electrons. The maximum Gasteiger partial charge on any atom is 0.189 e. The maximum atomic E-state index is 5.18. The van der Waals surface area contributed by atoms with Gasteiger partial charge in [-0.25, -0.2) is 0 Å². The Labute approximate surface area is 145 Å². The Kier molecular flexibility index (Phi) is 8.51. The third-order valence-corrected chi connectivity index (χ3v) is 3.45. The molecule has 5 N–H and O–H groups in total. The van der Waals surface area contributed by atoms with Gasteiger partial charge in [-0.1, -0.05) is 22.0 Å². The lowest BCUT2D eigenvalue weighted by molar-refractivity contribution is -0.858. The molecule has 5 nitrogen and oxygen atoms in total. The fraction of sp³-hybridized carbons (Fsp3) is 0.385. The number of rotatable bonds is 5. The Morgan fingerprint density at radius 3 is 2.57 bits per heavy atom. The lowest BCUT2D eigenvalue weighted by Gasteiger charge is -2.14. The molecule has 116 valence electrons. The van der Waals surface area contributed by atoms with Crippen molar-refractivity contribution in [2.45, 2.75) is 6.42 Å². The summed E-state index contributed by atoms with van der Waals surface area (Å²) in [6.45, 7) is 1.94. The molecule has 0 aliphatic heterocycles. The van der Waals surface area contributed by atoms with Gasteiger partial charge in [0.25, 0.3) is 0 Å². The number of hydrogen-bond acceptors (Lipinski definition) is 2. The van der Waals surface area contributed by atoms with Crippen LogP contribution in [0.2, 0.25) is 0 Å². The molecule has 0 heterocycles. The molecule has 0 amide bonds. The highest BCUT2D eigenvalue weighted by atomic mass is 79.9. The van der Waals surface area contributed by atoms with E-state index >= 15 is 0 Å². The highest BCUT2D eigenvalue weighted by Crippen LogP contribution is 2.15. The van der Waals surface area contributed by atoms with Gasteiger partial charge in [-0.3, -0.25) is 10.9 Å². The minimum Gasteiger partial charge on any atom is -0.361 e. The number of quaternary nitrogens is 1. The number of halogens is 1. The third kappa shape index (κ3) is 8.82. The molecule has 0 saturated carbocycles. The lowest BCUT2D eigenvalue weighted by Crippen LogP contribution is -3.05. The van der Waals surface area contributed by atoms with Gasteiger partial charge in [-0.15, -0.1) is 0 Å². The molecule has 21 heavy (non-hydrogen) atoms. The summed E-state index contributed by atoms with van der Waals surface area (Å²) in [5.74, 6) is 0. The van der Waals surface area contributed by atoms with Crippen LogP contribution in [0.1, 0.15) is 6.42 Å². The summed E-state index contributed by atoms with van der Waals surface area (Å²) in [6, 6.07) is 7.75. The van der Waals surface area contributed by atoms with Crippen molar-refractivity contribution in [1.82, 2.24) is 16.2 Å². The van der Waals surface area contributed by atoms with Crippen molar-refractivity contribution in [3.8, 4) is 0 Å². The number of anilines is 1. The van der Waals surface area contributed by atoms with E-state index in [0.717, 1.165) is 29.7 Å². The van der Waals surface area contributed by atoms with E-state index in [1.54, 1.807) is 0 Å². The topological polar surface area (TPSA) is 52.6 Å². The second-order valence-corrected chi connectivity index (χ2v) is 6.51. The van der Waals surface area contributed by atoms with Crippen LogP contribution in [-0.4, -0.2) is 37.4 Å². The highest BCUT2D eigenvalue weighted by Gasteiger charge is 2.00. The van der Waals surface area contributed by atoms with E-state index in [-0.39, 0.29) is 0 Å². The largest absolute Gasteiger partial charge is 0.361 e. The van der Waals surface area contributed by atoms with E-state index in [4.69, 9.17) is 24.4 Å². The van der Waals surface area contributed by atoms with Gasteiger partial charge < -0.3 is 15.5 Å². The number of hydrazine groups is 1. The number of hydrogen-bond donors (Lipinski definition) is 5. The van der Waals surface area contributed by atoms with E-state index in [0.29, 0.717) is 10.2 Å². The van der Waals surface area contributed by atoms with E-state index in [2.05, 4.69) is 51.5 Å². The standard InChI is InChI=1S/C13H20BrN5S2/c1-19(2)8-4-7-15-12(20)17-18-13(21)16-11-6-3-5-10(14)9-11/h3,5-6,9H,4,7-8H2,1-2H3,(H2,15,17,20)(H2,16,18,21)/p+1. The van der Waals surface area contributed by atoms with Crippen LogP contribution in [0.3, 0.4) is 0 Å². The van der Waals surface area contributed by atoms with Crippen molar-refractivity contribution in [3.05, 3.63) is 28.7 Å². The van der Waals surface area contributed by atoms with Gasteiger partial charge in [0.2, 0.25) is 0 Å². The molecule has 8 heteroatoms. The van der Waals surface area contributed by atoms with Gasteiger partial charge in [-0.05, 0) is 42.6 Å². The Morgan fingerprint density at radius 1 is 1.19 bits per heavy atom.